The van der Waals surface area contributed by atoms with Gasteiger partial charge in [0.2, 0.25) is 0 Å². The summed E-state index contributed by atoms with van der Waals surface area (Å²) in [5, 5.41) is 5.88. The van der Waals surface area contributed by atoms with Crippen LogP contribution in [-0.2, 0) is 4.74 Å². The Balaban J connectivity index is 1.79. The van der Waals surface area contributed by atoms with Crippen molar-refractivity contribution in [3.8, 4) is 0 Å². The summed E-state index contributed by atoms with van der Waals surface area (Å²) in [4.78, 5) is 20.1. The third kappa shape index (κ3) is 4.17. The van der Waals surface area contributed by atoms with Gasteiger partial charge in [-0.2, -0.15) is 0 Å². The van der Waals surface area contributed by atoms with Gasteiger partial charge in [-0.3, -0.25) is 9.78 Å². The van der Waals surface area contributed by atoms with Crippen molar-refractivity contribution < 1.29 is 9.53 Å². The fraction of sp³-hybridized carbons (Fsp3) is 0.615. The highest BCUT2D eigenvalue weighted by molar-refractivity contribution is 5.92. The molecule has 0 spiro atoms. The standard InChI is InChI=1S/C13H20N4O2/c1-2-15-12-9-14-8-11(17-12)13(18)16-6-5-10-4-3-7-19-10/h8-10H,2-7H2,1H3,(H,15,17)(H,16,18). The minimum Gasteiger partial charge on any atom is -0.378 e. The maximum absolute atomic E-state index is 11.9. The Morgan fingerprint density at radius 2 is 2.42 bits per heavy atom. The van der Waals surface area contributed by atoms with Gasteiger partial charge in [-0.15, -0.1) is 0 Å². The fourth-order valence-electron chi connectivity index (χ4n) is 2.05. The second kappa shape index (κ2) is 7.04. The van der Waals surface area contributed by atoms with Gasteiger partial charge in [-0.25, -0.2) is 4.98 Å². The van der Waals surface area contributed by atoms with Crippen LogP contribution >= 0.6 is 0 Å². The van der Waals surface area contributed by atoms with Crippen molar-refractivity contribution in [2.24, 2.45) is 0 Å². The first kappa shape index (κ1) is 13.7. The normalized spacial score (nSPS) is 18.3. The second-order valence-corrected chi connectivity index (χ2v) is 4.50. The largest absolute Gasteiger partial charge is 0.378 e. The molecule has 1 aliphatic heterocycles. The first-order valence-corrected chi connectivity index (χ1v) is 6.75. The summed E-state index contributed by atoms with van der Waals surface area (Å²) < 4.78 is 5.50. The molecule has 2 N–H and O–H groups in total. The van der Waals surface area contributed by atoms with Crippen molar-refractivity contribution in [1.29, 1.82) is 0 Å². The lowest BCUT2D eigenvalue weighted by Crippen LogP contribution is -2.28. The van der Waals surface area contributed by atoms with Crippen molar-refractivity contribution in [2.75, 3.05) is 25.0 Å². The van der Waals surface area contributed by atoms with E-state index in [1.54, 1.807) is 6.20 Å². The summed E-state index contributed by atoms with van der Waals surface area (Å²) in [6, 6.07) is 0. The SMILES string of the molecule is CCNc1cncc(C(=O)NCCC2CCCO2)n1. The molecule has 2 heterocycles. The lowest BCUT2D eigenvalue weighted by molar-refractivity contribution is 0.0903. The first-order valence-electron chi connectivity index (χ1n) is 6.75. The molecule has 1 fully saturated rings. The van der Waals surface area contributed by atoms with Crippen LogP contribution in [0.3, 0.4) is 0 Å². The number of nitrogens with one attached hydrogen (secondary N) is 2. The molecule has 1 aromatic rings. The molecule has 19 heavy (non-hydrogen) atoms. The lowest BCUT2D eigenvalue weighted by atomic mass is 10.2. The minimum absolute atomic E-state index is 0.190. The number of ether oxygens (including phenoxy) is 1. The van der Waals surface area contributed by atoms with Crippen LogP contribution in [0.5, 0.6) is 0 Å². The molecule has 1 amide bonds. The van der Waals surface area contributed by atoms with Crippen LogP contribution in [0.4, 0.5) is 5.82 Å². The van der Waals surface area contributed by atoms with Crippen molar-refractivity contribution >= 4 is 11.7 Å². The van der Waals surface area contributed by atoms with Crippen LogP contribution in [0.25, 0.3) is 0 Å². The summed E-state index contributed by atoms with van der Waals surface area (Å²) in [7, 11) is 0. The maximum atomic E-state index is 11.9. The Hall–Kier alpha value is -1.69. The van der Waals surface area contributed by atoms with Gasteiger partial charge in [-0.05, 0) is 26.2 Å². The first-order chi connectivity index (χ1) is 9.29. The van der Waals surface area contributed by atoms with Crippen molar-refractivity contribution in [2.45, 2.75) is 32.3 Å². The zero-order valence-electron chi connectivity index (χ0n) is 11.2. The van der Waals surface area contributed by atoms with Gasteiger partial charge in [-0.1, -0.05) is 0 Å². The van der Waals surface area contributed by atoms with Crippen LogP contribution in [0, 0.1) is 0 Å². The molecule has 6 nitrogen and oxygen atoms in total. The predicted octanol–water partition coefficient (Wildman–Crippen LogP) is 1.21. The number of carbonyl (C=O) groups is 1. The molecule has 1 unspecified atom stereocenters. The van der Waals surface area contributed by atoms with E-state index < -0.39 is 0 Å². The van der Waals surface area contributed by atoms with E-state index in [9.17, 15) is 4.79 Å². The lowest BCUT2D eigenvalue weighted by Gasteiger charge is -2.10. The third-order valence-corrected chi connectivity index (χ3v) is 3.00. The highest BCUT2D eigenvalue weighted by atomic mass is 16.5. The number of hydrogen-bond acceptors (Lipinski definition) is 5. The zero-order chi connectivity index (χ0) is 13.5. The van der Waals surface area contributed by atoms with E-state index in [0.717, 1.165) is 32.4 Å². The number of aromatic nitrogens is 2. The van der Waals surface area contributed by atoms with E-state index in [1.807, 2.05) is 6.92 Å². The van der Waals surface area contributed by atoms with Crippen molar-refractivity contribution in [3.63, 3.8) is 0 Å². The Labute approximate surface area is 113 Å². The molecule has 0 radical (unpaired) electrons. The topological polar surface area (TPSA) is 76.1 Å². The highest BCUT2D eigenvalue weighted by Crippen LogP contribution is 2.14. The van der Waals surface area contributed by atoms with Gasteiger partial charge in [0.15, 0.2) is 0 Å². The average molecular weight is 264 g/mol. The Kier molecular flexibility index (Phi) is 5.09. The quantitative estimate of drug-likeness (QED) is 0.807. The summed E-state index contributed by atoms with van der Waals surface area (Å²) in [5.74, 6) is 0.430. The van der Waals surface area contributed by atoms with E-state index in [0.29, 0.717) is 24.2 Å². The Bertz CT molecular complexity index is 419. The molecule has 0 bridgehead atoms. The zero-order valence-corrected chi connectivity index (χ0v) is 11.2. The number of carbonyl (C=O) groups excluding carboxylic acids is 1. The van der Waals surface area contributed by atoms with Crippen LogP contribution in [0.1, 0.15) is 36.7 Å². The fourth-order valence-corrected chi connectivity index (χ4v) is 2.05. The molecule has 0 aliphatic carbocycles. The van der Waals surface area contributed by atoms with Gasteiger partial charge in [0, 0.05) is 19.7 Å². The number of nitrogens with zero attached hydrogens (tertiary/aromatic N) is 2. The average Bonchev–Trinajstić information content (AvgIpc) is 2.92. The Morgan fingerprint density at radius 1 is 1.53 bits per heavy atom. The van der Waals surface area contributed by atoms with Crippen LogP contribution < -0.4 is 10.6 Å². The number of rotatable bonds is 6. The molecule has 1 saturated heterocycles. The molecule has 104 valence electrons. The molecule has 2 rings (SSSR count). The summed E-state index contributed by atoms with van der Waals surface area (Å²) >= 11 is 0. The maximum Gasteiger partial charge on any atom is 0.271 e. The number of hydrogen-bond donors (Lipinski definition) is 2. The van der Waals surface area contributed by atoms with Crippen molar-refractivity contribution in [1.82, 2.24) is 15.3 Å². The van der Waals surface area contributed by atoms with Gasteiger partial charge in [0.25, 0.3) is 5.91 Å². The van der Waals surface area contributed by atoms with E-state index in [4.69, 9.17) is 4.74 Å². The molecular weight excluding hydrogens is 244 g/mol. The molecule has 1 aromatic heterocycles. The van der Waals surface area contributed by atoms with Gasteiger partial charge < -0.3 is 15.4 Å². The molecule has 1 atom stereocenters. The summed E-state index contributed by atoms with van der Waals surface area (Å²) in [5.41, 5.74) is 0.339. The van der Waals surface area contributed by atoms with E-state index in [2.05, 4.69) is 20.6 Å². The molecule has 0 saturated carbocycles. The highest BCUT2D eigenvalue weighted by Gasteiger charge is 2.15. The van der Waals surface area contributed by atoms with E-state index >= 15 is 0 Å². The van der Waals surface area contributed by atoms with E-state index in [-0.39, 0.29) is 5.91 Å². The molecule has 0 aromatic carbocycles. The second-order valence-electron chi connectivity index (χ2n) is 4.50. The molecule has 1 aliphatic rings. The Morgan fingerprint density at radius 3 is 3.16 bits per heavy atom. The summed E-state index contributed by atoms with van der Waals surface area (Å²) in [6.07, 6.45) is 6.43. The van der Waals surface area contributed by atoms with Crippen LogP contribution in [-0.4, -0.2) is 41.7 Å². The molecular formula is C13H20N4O2. The van der Waals surface area contributed by atoms with Crippen LogP contribution in [0.15, 0.2) is 12.4 Å². The van der Waals surface area contributed by atoms with Crippen LogP contribution in [0.2, 0.25) is 0 Å². The smallest absolute Gasteiger partial charge is 0.271 e. The van der Waals surface area contributed by atoms with Gasteiger partial charge >= 0.3 is 0 Å². The molecule has 6 heteroatoms. The third-order valence-electron chi connectivity index (χ3n) is 3.00. The number of anilines is 1. The monoisotopic (exact) mass is 264 g/mol. The minimum atomic E-state index is -0.190. The van der Waals surface area contributed by atoms with Gasteiger partial charge in [0.05, 0.1) is 18.5 Å². The number of amides is 1. The van der Waals surface area contributed by atoms with E-state index in [1.165, 1.54) is 6.20 Å². The summed E-state index contributed by atoms with van der Waals surface area (Å²) in [6.45, 7) is 4.17. The van der Waals surface area contributed by atoms with Gasteiger partial charge in [0.1, 0.15) is 11.5 Å². The predicted molar refractivity (Wildman–Crippen MR) is 72.1 cm³/mol. The van der Waals surface area contributed by atoms with Crippen molar-refractivity contribution in [3.05, 3.63) is 18.1 Å².